The van der Waals surface area contributed by atoms with E-state index in [9.17, 15) is 9.59 Å². The van der Waals surface area contributed by atoms with Crippen LogP contribution in [0.25, 0.3) is 0 Å². The summed E-state index contributed by atoms with van der Waals surface area (Å²) in [6.07, 6.45) is 1.52. The van der Waals surface area contributed by atoms with Gasteiger partial charge in [0.25, 0.3) is 5.91 Å². The molecule has 0 bridgehead atoms. The van der Waals surface area contributed by atoms with Crippen LogP contribution < -0.4 is 10.7 Å². The number of nitrogens with one attached hydrogen (secondary N) is 2. The first kappa shape index (κ1) is 18.7. The topological polar surface area (TPSA) is 96.3 Å². The van der Waals surface area contributed by atoms with Gasteiger partial charge in [0.15, 0.2) is 0 Å². The number of rotatable bonds is 6. The van der Waals surface area contributed by atoms with Crippen molar-refractivity contribution in [3.05, 3.63) is 75.8 Å². The Balaban J connectivity index is 1.50. The Labute approximate surface area is 164 Å². The van der Waals surface area contributed by atoms with E-state index >= 15 is 0 Å². The molecule has 0 spiro atoms. The van der Waals surface area contributed by atoms with E-state index in [0.29, 0.717) is 20.7 Å². The summed E-state index contributed by atoms with van der Waals surface area (Å²) in [5.74, 6) is -0.618. The highest BCUT2D eigenvalue weighted by atomic mass is 35.5. The Kier molecular flexibility index (Phi) is 6.24. The highest BCUT2D eigenvalue weighted by Gasteiger charge is 2.12. The number of amides is 2. The zero-order valence-electron chi connectivity index (χ0n) is 13.9. The van der Waals surface area contributed by atoms with Crippen LogP contribution in [0, 0.1) is 0 Å². The molecule has 7 nitrogen and oxygen atoms in total. The zero-order chi connectivity index (χ0) is 19.1. The van der Waals surface area contributed by atoms with Crippen molar-refractivity contribution in [2.24, 2.45) is 5.10 Å². The minimum Gasteiger partial charge on any atom is -0.296 e. The summed E-state index contributed by atoms with van der Waals surface area (Å²) in [6.45, 7) is 0. The predicted molar refractivity (Wildman–Crippen MR) is 105 cm³/mol. The molecular weight excluding hydrogens is 386 g/mol. The smallest absolute Gasteiger partial charge is 0.257 e. The summed E-state index contributed by atoms with van der Waals surface area (Å²) in [5.41, 5.74) is 3.74. The van der Waals surface area contributed by atoms with Crippen LogP contribution in [0.4, 0.5) is 5.13 Å². The molecule has 27 heavy (non-hydrogen) atoms. The molecule has 2 amide bonds. The fourth-order valence-electron chi connectivity index (χ4n) is 2.04. The van der Waals surface area contributed by atoms with E-state index in [4.69, 9.17) is 11.6 Å². The van der Waals surface area contributed by atoms with Gasteiger partial charge in [-0.1, -0.05) is 53.3 Å². The number of anilines is 1. The molecule has 3 rings (SSSR count). The van der Waals surface area contributed by atoms with Crippen LogP contribution in [-0.4, -0.2) is 28.2 Å². The van der Waals surface area contributed by atoms with Gasteiger partial charge in [-0.2, -0.15) is 5.10 Å². The monoisotopic (exact) mass is 399 g/mol. The van der Waals surface area contributed by atoms with Crippen molar-refractivity contribution < 1.29 is 9.59 Å². The second-order valence-electron chi connectivity index (χ2n) is 5.34. The molecule has 1 heterocycles. The van der Waals surface area contributed by atoms with Gasteiger partial charge >= 0.3 is 0 Å². The van der Waals surface area contributed by atoms with Crippen LogP contribution in [-0.2, 0) is 11.2 Å². The standard InChI is InChI=1S/C18H14ClN5O2S/c19-14-8-6-12(7-9-14)11-20-22-15(25)10-16-23-24-18(27-16)21-17(26)13-4-2-1-3-5-13/h1-9,11H,10H2,(H,22,25)(H,21,24,26)/b20-11+. The Bertz CT molecular complexity index is 957. The molecule has 2 aromatic carbocycles. The maximum absolute atomic E-state index is 12.1. The number of benzene rings is 2. The Hall–Kier alpha value is -3.10. The number of carbonyl (C=O) groups excluding carboxylic acids is 2. The molecule has 0 aliphatic heterocycles. The third-order valence-electron chi connectivity index (χ3n) is 3.31. The van der Waals surface area contributed by atoms with E-state index in [2.05, 4.69) is 26.0 Å². The van der Waals surface area contributed by atoms with Crippen molar-refractivity contribution in [3.8, 4) is 0 Å². The minimum atomic E-state index is -0.336. The van der Waals surface area contributed by atoms with Crippen LogP contribution in [0.15, 0.2) is 59.7 Å². The number of hydrogen-bond donors (Lipinski definition) is 2. The molecule has 0 aliphatic rings. The van der Waals surface area contributed by atoms with E-state index in [1.165, 1.54) is 6.21 Å². The lowest BCUT2D eigenvalue weighted by molar-refractivity contribution is -0.120. The van der Waals surface area contributed by atoms with E-state index in [1.807, 2.05) is 6.07 Å². The Morgan fingerprint density at radius 1 is 1.07 bits per heavy atom. The van der Waals surface area contributed by atoms with Crippen LogP contribution in [0.1, 0.15) is 20.9 Å². The number of carbonyl (C=O) groups is 2. The van der Waals surface area contributed by atoms with E-state index in [1.54, 1.807) is 48.5 Å². The van der Waals surface area contributed by atoms with Crippen molar-refractivity contribution in [3.63, 3.8) is 0 Å². The highest BCUT2D eigenvalue weighted by molar-refractivity contribution is 7.15. The van der Waals surface area contributed by atoms with Crippen molar-refractivity contribution >= 4 is 46.1 Å². The third-order valence-corrected chi connectivity index (χ3v) is 4.40. The molecule has 0 unspecified atom stereocenters. The molecule has 0 atom stereocenters. The Morgan fingerprint density at radius 3 is 2.56 bits per heavy atom. The maximum atomic E-state index is 12.1. The molecule has 0 radical (unpaired) electrons. The molecule has 0 saturated carbocycles. The molecule has 1 aromatic heterocycles. The second-order valence-corrected chi connectivity index (χ2v) is 6.84. The van der Waals surface area contributed by atoms with Gasteiger partial charge in [0, 0.05) is 10.6 Å². The van der Waals surface area contributed by atoms with Crippen molar-refractivity contribution in [1.29, 1.82) is 0 Å². The van der Waals surface area contributed by atoms with Gasteiger partial charge in [0.05, 0.1) is 12.6 Å². The van der Waals surface area contributed by atoms with Crippen LogP contribution in [0.3, 0.4) is 0 Å². The van der Waals surface area contributed by atoms with Gasteiger partial charge in [0.2, 0.25) is 11.0 Å². The van der Waals surface area contributed by atoms with E-state index in [0.717, 1.165) is 16.9 Å². The second kappa shape index (κ2) is 9.02. The summed E-state index contributed by atoms with van der Waals surface area (Å²) in [4.78, 5) is 24.0. The molecule has 9 heteroatoms. The van der Waals surface area contributed by atoms with Gasteiger partial charge in [-0.05, 0) is 29.8 Å². The zero-order valence-corrected chi connectivity index (χ0v) is 15.5. The van der Waals surface area contributed by atoms with Crippen molar-refractivity contribution in [2.45, 2.75) is 6.42 Å². The lowest BCUT2D eigenvalue weighted by Gasteiger charge is -1.99. The van der Waals surface area contributed by atoms with Crippen LogP contribution in [0.5, 0.6) is 0 Å². The maximum Gasteiger partial charge on any atom is 0.257 e. The van der Waals surface area contributed by atoms with Gasteiger partial charge in [0.1, 0.15) is 5.01 Å². The molecular formula is C18H14ClN5O2S. The van der Waals surface area contributed by atoms with Gasteiger partial charge in [-0.25, -0.2) is 5.43 Å². The molecule has 136 valence electrons. The number of hydrazone groups is 1. The summed E-state index contributed by atoms with van der Waals surface area (Å²) in [5, 5.41) is 15.7. The molecule has 2 N–H and O–H groups in total. The normalized spacial score (nSPS) is 10.7. The summed E-state index contributed by atoms with van der Waals surface area (Å²) in [7, 11) is 0. The number of halogens is 1. The lowest BCUT2D eigenvalue weighted by atomic mass is 10.2. The predicted octanol–water partition coefficient (Wildman–Crippen LogP) is 3.14. The highest BCUT2D eigenvalue weighted by Crippen LogP contribution is 2.16. The fourth-order valence-corrected chi connectivity index (χ4v) is 2.90. The molecule has 0 saturated heterocycles. The first-order chi connectivity index (χ1) is 13.1. The first-order valence-electron chi connectivity index (χ1n) is 7.86. The minimum absolute atomic E-state index is 0.0107. The number of hydrogen-bond acceptors (Lipinski definition) is 6. The van der Waals surface area contributed by atoms with Crippen molar-refractivity contribution in [2.75, 3.05) is 5.32 Å². The van der Waals surface area contributed by atoms with Crippen molar-refractivity contribution in [1.82, 2.24) is 15.6 Å². The first-order valence-corrected chi connectivity index (χ1v) is 9.06. The molecule has 3 aromatic rings. The van der Waals surface area contributed by atoms with Crippen LogP contribution >= 0.6 is 22.9 Å². The number of nitrogens with zero attached hydrogens (tertiary/aromatic N) is 3. The van der Waals surface area contributed by atoms with Crippen LogP contribution in [0.2, 0.25) is 5.02 Å². The fraction of sp³-hybridized carbons (Fsp3) is 0.0556. The van der Waals surface area contributed by atoms with Gasteiger partial charge < -0.3 is 0 Å². The van der Waals surface area contributed by atoms with E-state index < -0.39 is 0 Å². The average molecular weight is 400 g/mol. The van der Waals surface area contributed by atoms with Gasteiger partial charge in [-0.15, -0.1) is 10.2 Å². The summed E-state index contributed by atoms with van der Waals surface area (Å²) >= 11 is 6.94. The summed E-state index contributed by atoms with van der Waals surface area (Å²) < 4.78 is 0. The van der Waals surface area contributed by atoms with E-state index in [-0.39, 0.29) is 18.2 Å². The third kappa shape index (κ3) is 5.70. The molecule has 0 aliphatic carbocycles. The SMILES string of the molecule is O=C(Cc1nnc(NC(=O)c2ccccc2)s1)N/N=C/c1ccc(Cl)cc1. The summed E-state index contributed by atoms with van der Waals surface area (Å²) in [6, 6.07) is 15.8. The largest absolute Gasteiger partial charge is 0.296 e. The quantitative estimate of drug-likeness (QED) is 0.491. The molecule has 0 fully saturated rings. The lowest BCUT2D eigenvalue weighted by Crippen LogP contribution is -2.19. The Morgan fingerprint density at radius 2 is 1.81 bits per heavy atom. The van der Waals surface area contributed by atoms with Gasteiger partial charge in [-0.3, -0.25) is 14.9 Å². The average Bonchev–Trinajstić information content (AvgIpc) is 3.10. The number of aromatic nitrogens is 2.